The van der Waals surface area contributed by atoms with Gasteiger partial charge >= 0.3 is 6.09 Å². The van der Waals surface area contributed by atoms with Crippen LogP contribution in [0.2, 0.25) is 0 Å². The number of hydrogen-bond acceptors (Lipinski definition) is 4. The smallest absolute Gasteiger partial charge is 0.408 e. The Hall–Kier alpha value is -3.40. The third-order valence-corrected chi connectivity index (χ3v) is 3.77. The number of alkyl carbamates (subject to hydrolysis) is 1. The van der Waals surface area contributed by atoms with E-state index in [9.17, 15) is 14.0 Å². The molecule has 2 aromatic rings. The molecule has 0 saturated heterocycles. The van der Waals surface area contributed by atoms with Crippen LogP contribution >= 0.6 is 0 Å². The number of rotatable bonds is 8. The Morgan fingerprint density at radius 1 is 1.11 bits per heavy atom. The summed E-state index contributed by atoms with van der Waals surface area (Å²) in [6.45, 7) is -0.0981. The second kappa shape index (κ2) is 10.6. The van der Waals surface area contributed by atoms with Gasteiger partial charge in [0.25, 0.3) is 0 Å². The number of halogens is 1. The number of nitriles is 1. The Morgan fingerprint density at radius 2 is 1.85 bits per heavy atom. The predicted octanol–water partition coefficient (Wildman–Crippen LogP) is 2.69. The van der Waals surface area contributed by atoms with Gasteiger partial charge < -0.3 is 15.4 Å². The predicted molar refractivity (Wildman–Crippen MR) is 96.9 cm³/mol. The number of hydrogen-bond donors (Lipinski definition) is 2. The summed E-state index contributed by atoms with van der Waals surface area (Å²) in [5, 5.41) is 13.5. The van der Waals surface area contributed by atoms with E-state index in [0.717, 1.165) is 5.56 Å². The van der Waals surface area contributed by atoms with Crippen LogP contribution in [-0.4, -0.2) is 24.6 Å². The molecule has 0 unspecified atom stereocenters. The zero-order chi connectivity index (χ0) is 19.5. The molecule has 0 fully saturated rings. The SMILES string of the molecule is N#CCNC(=O)[C@@H](CCc1cccc(F)c1)NC(=O)OCc1ccccc1. The van der Waals surface area contributed by atoms with E-state index in [1.165, 1.54) is 12.1 Å². The first-order valence-corrected chi connectivity index (χ1v) is 8.45. The average Bonchev–Trinajstić information content (AvgIpc) is 2.68. The van der Waals surface area contributed by atoms with E-state index in [4.69, 9.17) is 10.00 Å². The van der Waals surface area contributed by atoms with Crippen molar-refractivity contribution in [3.63, 3.8) is 0 Å². The Bertz CT molecular complexity index is 806. The van der Waals surface area contributed by atoms with Crippen molar-refractivity contribution >= 4 is 12.0 Å². The summed E-state index contributed by atoms with van der Waals surface area (Å²) < 4.78 is 18.4. The second-order valence-corrected chi connectivity index (χ2v) is 5.80. The number of nitrogens with zero attached hydrogens (tertiary/aromatic N) is 1. The van der Waals surface area contributed by atoms with Crippen LogP contribution in [0.25, 0.3) is 0 Å². The van der Waals surface area contributed by atoms with Crippen LogP contribution in [-0.2, 0) is 22.6 Å². The van der Waals surface area contributed by atoms with Crippen molar-refractivity contribution in [2.45, 2.75) is 25.5 Å². The van der Waals surface area contributed by atoms with Crippen LogP contribution < -0.4 is 10.6 Å². The zero-order valence-corrected chi connectivity index (χ0v) is 14.7. The molecule has 0 saturated carbocycles. The van der Waals surface area contributed by atoms with Crippen molar-refractivity contribution in [2.75, 3.05) is 6.54 Å². The van der Waals surface area contributed by atoms with Crippen LogP contribution in [0.4, 0.5) is 9.18 Å². The van der Waals surface area contributed by atoms with Crippen molar-refractivity contribution in [1.29, 1.82) is 5.26 Å². The van der Waals surface area contributed by atoms with Crippen LogP contribution in [0.5, 0.6) is 0 Å². The van der Waals surface area contributed by atoms with Gasteiger partial charge in [0, 0.05) is 0 Å². The molecule has 2 rings (SSSR count). The first kappa shape index (κ1) is 19.9. The van der Waals surface area contributed by atoms with E-state index >= 15 is 0 Å². The third kappa shape index (κ3) is 7.16. The molecule has 27 heavy (non-hydrogen) atoms. The van der Waals surface area contributed by atoms with E-state index in [1.54, 1.807) is 12.1 Å². The fourth-order valence-corrected chi connectivity index (χ4v) is 2.43. The van der Waals surface area contributed by atoms with Gasteiger partial charge in [0.05, 0.1) is 6.07 Å². The lowest BCUT2D eigenvalue weighted by Crippen LogP contribution is -2.47. The minimum Gasteiger partial charge on any atom is -0.445 e. The van der Waals surface area contributed by atoms with Gasteiger partial charge in [-0.1, -0.05) is 42.5 Å². The van der Waals surface area contributed by atoms with Crippen molar-refractivity contribution in [1.82, 2.24) is 10.6 Å². The maximum Gasteiger partial charge on any atom is 0.408 e. The van der Waals surface area contributed by atoms with Crippen LogP contribution in [0.15, 0.2) is 54.6 Å². The Morgan fingerprint density at radius 3 is 2.56 bits per heavy atom. The molecule has 2 N–H and O–H groups in total. The van der Waals surface area contributed by atoms with E-state index < -0.39 is 18.0 Å². The van der Waals surface area contributed by atoms with Crippen LogP contribution in [0.1, 0.15) is 17.5 Å². The monoisotopic (exact) mass is 369 g/mol. The van der Waals surface area contributed by atoms with Gasteiger partial charge in [-0.25, -0.2) is 9.18 Å². The first-order valence-electron chi connectivity index (χ1n) is 8.45. The lowest BCUT2D eigenvalue weighted by molar-refractivity contribution is -0.123. The molecule has 0 aliphatic rings. The number of benzene rings is 2. The normalized spacial score (nSPS) is 11.1. The van der Waals surface area contributed by atoms with Gasteiger partial charge in [0.2, 0.25) is 5.91 Å². The van der Waals surface area contributed by atoms with Gasteiger partial charge in [0.15, 0.2) is 0 Å². The zero-order valence-electron chi connectivity index (χ0n) is 14.7. The minimum atomic E-state index is -0.898. The second-order valence-electron chi connectivity index (χ2n) is 5.80. The molecule has 0 aliphatic carbocycles. The fourth-order valence-electron chi connectivity index (χ4n) is 2.43. The highest BCUT2D eigenvalue weighted by Gasteiger charge is 2.21. The Kier molecular flexibility index (Phi) is 7.79. The molecule has 0 aromatic heterocycles. The topological polar surface area (TPSA) is 91.2 Å². The highest BCUT2D eigenvalue weighted by molar-refractivity contribution is 5.85. The number of carbonyl (C=O) groups is 2. The van der Waals surface area contributed by atoms with E-state index in [-0.39, 0.29) is 25.4 Å². The lowest BCUT2D eigenvalue weighted by atomic mass is 10.0. The molecule has 0 heterocycles. The molecule has 140 valence electrons. The van der Waals surface area contributed by atoms with Crippen molar-refractivity contribution < 1.29 is 18.7 Å². The molecule has 2 amide bonds. The highest BCUT2D eigenvalue weighted by Crippen LogP contribution is 2.09. The lowest BCUT2D eigenvalue weighted by Gasteiger charge is -2.17. The Labute approximate surface area is 157 Å². The number of aryl methyl sites for hydroxylation is 1. The molecule has 1 atom stereocenters. The van der Waals surface area contributed by atoms with E-state index in [2.05, 4.69) is 10.6 Å². The maximum absolute atomic E-state index is 13.3. The number of amides is 2. The summed E-state index contributed by atoms with van der Waals surface area (Å²) >= 11 is 0. The molecule has 0 spiro atoms. The molecule has 7 heteroatoms. The molecule has 2 aromatic carbocycles. The van der Waals surface area contributed by atoms with E-state index in [1.807, 2.05) is 36.4 Å². The fraction of sp³-hybridized carbons (Fsp3) is 0.250. The van der Waals surface area contributed by atoms with Crippen molar-refractivity contribution in [3.05, 3.63) is 71.5 Å². The quantitative estimate of drug-likeness (QED) is 0.700. The van der Waals surface area contributed by atoms with Crippen molar-refractivity contribution in [3.8, 4) is 6.07 Å². The third-order valence-electron chi connectivity index (χ3n) is 3.77. The number of ether oxygens (including phenoxy) is 1. The minimum absolute atomic E-state index is 0.0725. The molecule has 0 radical (unpaired) electrons. The van der Waals surface area contributed by atoms with Gasteiger partial charge in [-0.05, 0) is 36.1 Å². The summed E-state index contributed by atoms with van der Waals surface area (Å²) in [6, 6.07) is 16.1. The van der Waals surface area contributed by atoms with Crippen LogP contribution in [0.3, 0.4) is 0 Å². The Balaban J connectivity index is 1.93. The van der Waals surface area contributed by atoms with Gasteiger partial charge in [0.1, 0.15) is 25.0 Å². The molecular weight excluding hydrogens is 349 g/mol. The number of nitrogens with one attached hydrogen (secondary N) is 2. The van der Waals surface area contributed by atoms with Crippen LogP contribution in [0, 0.1) is 17.1 Å². The van der Waals surface area contributed by atoms with Gasteiger partial charge in [-0.3, -0.25) is 4.79 Å². The molecular formula is C20H20FN3O3. The summed E-state index contributed by atoms with van der Waals surface area (Å²) in [7, 11) is 0. The summed E-state index contributed by atoms with van der Waals surface area (Å²) in [4.78, 5) is 24.2. The van der Waals surface area contributed by atoms with Gasteiger partial charge in [-0.2, -0.15) is 5.26 Å². The number of carbonyl (C=O) groups excluding carboxylic acids is 2. The summed E-state index contributed by atoms with van der Waals surface area (Å²) in [6.07, 6.45) is -0.127. The molecule has 6 nitrogen and oxygen atoms in total. The summed E-state index contributed by atoms with van der Waals surface area (Å²) in [5.41, 5.74) is 1.52. The standard InChI is InChI=1S/C20H20FN3O3/c21-17-8-4-7-15(13-17)9-10-18(19(25)23-12-11-22)24-20(26)27-14-16-5-2-1-3-6-16/h1-8,13,18H,9-10,12,14H2,(H,23,25)(H,24,26)/t18-/m1/s1. The van der Waals surface area contributed by atoms with E-state index in [0.29, 0.717) is 12.0 Å². The first-order chi connectivity index (χ1) is 13.1. The summed E-state index contributed by atoms with van der Waals surface area (Å²) in [5.74, 6) is -0.863. The largest absolute Gasteiger partial charge is 0.445 e. The average molecular weight is 369 g/mol. The van der Waals surface area contributed by atoms with Gasteiger partial charge in [-0.15, -0.1) is 0 Å². The highest BCUT2D eigenvalue weighted by atomic mass is 19.1. The molecule has 0 aliphatic heterocycles. The van der Waals surface area contributed by atoms with Crippen molar-refractivity contribution in [2.24, 2.45) is 0 Å². The molecule has 0 bridgehead atoms. The maximum atomic E-state index is 13.3.